The van der Waals surface area contributed by atoms with Gasteiger partial charge in [-0.1, -0.05) is 24.3 Å². The summed E-state index contributed by atoms with van der Waals surface area (Å²) in [5.74, 6) is 1.79. The Hall–Kier alpha value is -2.05. The van der Waals surface area contributed by atoms with Gasteiger partial charge in [0.1, 0.15) is 12.4 Å². The minimum atomic E-state index is 0.454. The highest BCUT2D eigenvalue weighted by molar-refractivity contribution is 5.80. The van der Waals surface area contributed by atoms with E-state index in [9.17, 15) is 0 Å². The second-order valence-electron chi connectivity index (χ2n) is 7.80. The molecule has 3 rings (SSSR count). The number of benzene rings is 1. The minimum Gasteiger partial charge on any atom is -0.492 e. The molecule has 6 heteroatoms. The van der Waals surface area contributed by atoms with Crippen LogP contribution >= 0.6 is 0 Å². The lowest BCUT2D eigenvalue weighted by atomic mass is 10.1. The first-order valence-electron chi connectivity index (χ1n) is 10.9. The Morgan fingerprint density at radius 1 is 1.24 bits per heavy atom. The summed E-state index contributed by atoms with van der Waals surface area (Å²) in [5.41, 5.74) is 1.15. The third-order valence-electron chi connectivity index (χ3n) is 5.54. The molecule has 0 atom stereocenters. The van der Waals surface area contributed by atoms with Crippen LogP contribution in [0, 0.1) is 0 Å². The quantitative estimate of drug-likeness (QED) is 0.379. The summed E-state index contributed by atoms with van der Waals surface area (Å²) in [6.07, 6.45) is 8.81. The SMILES string of the molecule is CCNC(=NCc1cccc(OCCN(C)C2CCOCC2)c1)NC1CC=CC1. The van der Waals surface area contributed by atoms with Gasteiger partial charge in [0.25, 0.3) is 0 Å². The monoisotopic (exact) mass is 400 g/mol. The molecule has 1 aromatic rings. The van der Waals surface area contributed by atoms with Gasteiger partial charge in [-0.25, -0.2) is 4.99 Å². The molecule has 0 spiro atoms. The molecule has 0 amide bonds. The number of hydrogen-bond donors (Lipinski definition) is 2. The molecule has 0 saturated carbocycles. The lowest BCUT2D eigenvalue weighted by Crippen LogP contribution is -2.42. The number of ether oxygens (including phenoxy) is 2. The zero-order valence-electron chi connectivity index (χ0n) is 17.9. The first-order chi connectivity index (χ1) is 14.2. The Kier molecular flexibility index (Phi) is 8.83. The van der Waals surface area contributed by atoms with Crippen molar-refractivity contribution in [2.24, 2.45) is 4.99 Å². The second-order valence-corrected chi connectivity index (χ2v) is 7.80. The molecule has 2 aliphatic rings. The van der Waals surface area contributed by atoms with Crippen molar-refractivity contribution < 1.29 is 9.47 Å². The van der Waals surface area contributed by atoms with Crippen LogP contribution in [0.1, 0.15) is 38.2 Å². The standard InChI is InChI=1S/C23H36N4O2/c1-3-24-23(26-20-8-4-5-9-20)25-18-19-7-6-10-22(17-19)29-16-13-27(2)21-11-14-28-15-12-21/h4-7,10,17,20-21H,3,8-9,11-16,18H2,1-2H3,(H2,24,25,26). The molecule has 29 heavy (non-hydrogen) atoms. The molecule has 1 saturated heterocycles. The molecule has 1 aliphatic heterocycles. The second kappa shape index (κ2) is 11.8. The topological polar surface area (TPSA) is 58.1 Å². The molecule has 1 heterocycles. The van der Waals surface area contributed by atoms with E-state index in [0.29, 0.717) is 25.2 Å². The fourth-order valence-electron chi connectivity index (χ4n) is 3.77. The Balaban J connectivity index is 1.46. The van der Waals surface area contributed by atoms with E-state index in [1.165, 1.54) is 0 Å². The maximum Gasteiger partial charge on any atom is 0.191 e. The molecule has 0 aromatic heterocycles. The van der Waals surface area contributed by atoms with Crippen LogP contribution in [0.25, 0.3) is 0 Å². The summed E-state index contributed by atoms with van der Waals surface area (Å²) in [6, 6.07) is 9.33. The van der Waals surface area contributed by atoms with Crippen molar-refractivity contribution in [1.29, 1.82) is 0 Å². The Labute approximate surface area is 175 Å². The fraction of sp³-hybridized carbons (Fsp3) is 0.609. The third kappa shape index (κ3) is 7.37. The van der Waals surface area contributed by atoms with E-state index >= 15 is 0 Å². The largest absolute Gasteiger partial charge is 0.492 e. The summed E-state index contributed by atoms with van der Waals surface area (Å²) in [5, 5.41) is 6.85. The third-order valence-corrected chi connectivity index (χ3v) is 5.54. The van der Waals surface area contributed by atoms with Gasteiger partial charge in [0.15, 0.2) is 5.96 Å². The molecule has 2 N–H and O–H groups in total. The number of guanidine groups is 1. The van der Waals surface area contributed by atoms with E-state index in [4.69, 9.17) is 14.5 Å². The molecular formula is C23H36N4O2. The van der Waals surface area contributed by atoms with Gasteiger partial charge in [-0.15, -0.1) is 0 Å². The predicted molar refractivity (Wildman–Crippen MR) is 119 cm³/mol. The lowest BCUT2D eigenvalue weighted by molar-refractivity contribution is 0.0392. The van der Waals surface area contributed by atoms with Crippen LogP contribution in [0.2, 0.25) is 0 Å². The van der Waals surface area contributed by atoms with Crippen molar-refractivity contribution >= 4 is 5.96 Å². The van der Waals surface area contributed by atoms with Gasteiger partial charge in [0.2, 0.25) is 0 Å². The van der Waals surface area contributed by atoms with Gasteiger partial charge in [0, 0.05) is 38.4 Å². The van der Waals surface area contributed by atoms with Crippen molar-refractivity contribution in [3.8, 4) is 5.75 Å². The summed E-state index contributed by atoms with van der Waals surface area (Å²) < 4.78 is 11.5. The number of aliphatic imine (C=N–C) groups is 1. The highest BCUT2D eigenvalue weighted by atomic mass is 16.5. The number of likely N-dealkylation sites (N-methyl/N-ethyl adjacent to an activating group) is 1. The van der Waals surface area contributed by atoms with Crippen molar-refractivity contribution in [3.63, 3.8) is 0 Å². The van der Waals surface area contributed by atoms with Crippen LogP contribution in [0.15, 0.2) is 41.4 Å². The minimum absolute atomic E-state index is 0.454. The lowest BCUT2D eigenvalue weighted by Gasteiger charge is -2.31. The number of hydrogen-bond acceptors (Lipinski definition) is 4. The van der Waals surface area contributed by atoms with Crippen molar-refractivity contribution in [2.45, 2.75) is 51.2 Å². The molecular weight excluding hydrogens is 364 g/mol. The molecule has 1 aliphatic carbocycles. The van der Waals surface area contributed by atoms with Crippen LogP contribution in [0.5, 0.6) is 5.75 Å². The molecule has 160 valence electrons. The van der Waals surface area contributed by atoms with E-state index in [1.54, 1.807) is 0 Å². The Morgan fingerprint density at radius 2 is 2.03 bits per heavy atom. The maximum atomic E-state index is 6.01. The maximum absolute atomic E-state index is 6.01. The van der Waals surface area contributed by atoms with Crippen LogP contribution in [-0.4, -0.2) is 62.9 Å². The molecule has 1 fully saturated rings. The highest BCUT2D eigenvalue weighted by Crippen LogP contribution is 2.16. The summed E-state index contributed by atoms with van der Waals surface area (Å²) in [6.45, 7) is 6.95. The molecule has 6 nitrogen and oxygen atoms in total. The summed E-state index contributed by atoms with van der Waals surface area (Å²) in [7, 11) is 2.18. The number of nitrogens with one attached hydrogen (secondary N) is 2. The van der Waals surface area contributed by atoms with Gasteiger partial charge in [-0.05, 0) is 57.4 Å². The van der Waals surface area contributed by atoms with E-state index < -0.39 is 0 Å². The number of nitrogens with zero attached hydrogens (tertiary/aromatic N) is 2. The van der Waals surface area contributed by atoms with Crippen LogP contribution in [0.4, 0.5) is 0 Å². The Bertz CT molecular complexity index is 663. The molecule has 1 aromatic carbocycles. The van der Waals surface area contributed by atoms with Gasteiger partial charge in [-0.2, -0.15) is 0 Å². The van der Waals surface area contributed by atoms with Gasteiger partial charge in [0.05, 0.1) is 6.54 Å². The average molecular weight is 401 g/mol. The fourth-order valence-corrected chi connectivity index (χ4v) is 3.77. The van der Waals surface area contributed by atoms with Crippen molar-refractivity contribution in [2.75, 3.05) is 40.0 Å². The smallest absolute Gasteiger partial charge is 0.191 e. The molecule has 0 radical (unpaired) electrons. The zero-order valence-corrected chi connectivity index (χ0v) is 17.9. The van der Waals surface area contributed by atoms with Crippen molar-refractivity contribution in [3.05, 3.63) is 42.0 Å². The van der Waals surface area contributed by atoms with Gasteiger partial charge >= 0.3 is 0 Å². The zero-order chi connectivity index (χ0) is 20.3. The first-order valence-corrected chi connectivity index (χ1v) is 10.9. The normalized spacial score (nSPS) is 18.4. The summed E-state index contributed by atoms with van der Waals surface area (Å²) in [4.78, 5) is 7.14. The Morgan fingerprint density at radius 3 is 2.79 bits per heavy atom. The van der Waals surface area contributed by atoms with Crippen LogP contribution in [-0.2, 0) is 11.3 Å². The average Bonchev–Trinajstić information content (AvgIpc) is 3.26. The molecule has 0 bridgehead atoms. The van der Waals surface area contributed by atoms with Crippen LogP contribution in [0.3, 0.4) is 0 Å². The first kappa shape index (κ1) is 21.7. The van der Waals surface area contributed by atoms with Crippen LogP contribution < -0.4 is 15.4 Å². The van der Waals surface area contributed by atoms with E-state index in [-0.39, 0.29) is 0 Å². The highest BCUT2D eigenvalue weighted by Gasteiger charge is 2.18. The predicted octanol–water partition coefficient (Wildman–Crippen LogP) is 2.95. The summed E-state index contributed by atoms with van der Waals surface area (Å²) >= 11 is 0. The van der Waals surface area contributed by atoms with E-state index in [0.717, 1.165) is 69.3 Å². The van der Waals surface area contributed by atoms with Crippen molar-refractivity contribution in [1.82, 2.24) is 15.5 Å². The number of rotatable bonds is 9. The van der Waals surface area contributed by atoms with E-state index in [1.807, 2.05) is 12.1 Å². The van der Waals surface area contributed by atoms with Gasteiger partial charge < -0.3 is 20.1 Å². The molecule has 0 unspecified atom stereocenters. The van der Waals surface area contributed by atoms with Gasteiger partial charge in [-0.3, -0.25) is 4.90 Å². The van der Waals surface area contributed by atoms with E-state index in [2.05, 4.69) is 53.8 Å².